The van der Waals surface area contributed by atoms with Gasteiger partial charge in [-0.15, -0.1) is 0 Å². The Morgan fingerprint density at radius 3 is 2.50 bits per heavy atom. The molecule has 1 saturated heterocycles. The van der Waals surface area contributed by atoms with Crippen molar-refractivity contribution in [1.82, 2.24) is 9.55 Å². The van der Waals surface area contributed by atoms with Crippen LogP contribution >= 0.6 is 23.2 Å². The summed E-state index contributed by atoms with van der Waals surface area (Å²) in [4.78, 5) is 4.48. The molecule has 7 nitrogen and oxygen atoms in total. The van der Waals surface area contributed by atoms with Gasteiger partial charge >= 0.3 is 0 Å². The van der Waals surface area contributed by atoms with Crippen molar-refractivity contribution in [2.75, 3.05) is 11.9 Å². The number of imidazole rings is 1. The van der Waals surface area contributed by atoms with E-state index in [4.69, 9.17) is 27.9 Å². The molecule has 0 amide bonds. The van der Waals surface area contributed by atoms with Crippen molar-refractivity contribution in [2.45, 2.75) is 44.4 Å². The average molecular weight is 376 g/mol. The molecular weight excluding hydrogens is 357 g/mol. The molecule has 0 saturated carbocycles. The van der Waals surface area contributed by atoms with Crippen molar-refractivity contribution < 1.29 is 20.1 Å². The van der Waals surface area contributed by atoms with Gasteiger partial charge in [-0.25, -0.2) is 4.98 Å². The summed E-state index contributed by atoms with van der Waals surface area (Å²) >= 11 is 12.2. The average Bonchev–Trinajstić information content (AvgIpc) is 2.97. The molecule has 1 fully saturated rings. The number of hydrogen-bond donors (Lipinski definition) is 4. The summed E-state index contributed by atoms with van der Waals surface area (Å²) in [6.45, 7) is 3.49. The number of aromatic nitrogens is 2. The summed E-state index contributed by atoms with van der Waals surface area (Å²) in [5.74, 6) is 0.452. The summed E-state index contributed by atoms with van der Waals surface area (Å²) in [5.41, 5.74) is 1.17. The minimum absolute atomic E-state index is 0.0728. The Balaban J connectivity index is 2.15. The maximum atomic E-state index is 10.4. The van der Waals surface area contributed by atoms with Crippen LogP contribution < -0.4 is 5.32 Å². The van der Waals surface area contributed by atoms with Gasteiger partial charge in [-0.3, -0.25) is 4.57 Å². The van der Waals surface area contributed by atoms with Crippen LogP contribution in [-0.2, 0) is 4.74 Å². The van der Waals surface area contributed by atoms with Crippen LogP contribution in [0, 0.1) is 0 Å². The fourth-order valence-electron chi connectivity index (χ4n) is 2.80. The molecule has 0 aliphatic carbocycles. The highest BCUT2D eigenvalue weighted by Gasteiger charge is 2.44. The Hall–Kier alpha value is -1.09. The van der Waals surface area contributed by atoms with Gasteiger partial charge in [0.1, 0.15) is 18.3 Å². The van der Waals surface area contributed by atoms with Crippen LogP contribution in [0.4, 0.5) is 5.95 Å². The number of hydrogen-bond acceptors (Lipinski definition) is 6. The highest BCUT2D eigenvalue weighted by atomic mass is 35.5. The van der Waals surface area contributed by atoms with Crippen molar-refractivity contribution in [3.63, 3.8) is 0 Å². The summed E-state index contributed by atoms with van der Waals surface area (Å²) in [5, 5.41) is 33.6. The number of aliphatic hydroxyl groups excluding tert-OH is 3. The molecule has 4 atom stereocenters. The number of ether oxygens (including phenoxy) is 1. The zero-order chi connectivity index (χ0) is 17.6. The number of fused-ring (bicyclic) bond motifs is 1. The van der Waals surface area contributed by atoms with E-state index in [9.17, 15) is 15.3 Å². The maximum Gasteiger partial charge on any atom is 0.206 e. The zero-order valence-corrected chi connectivity index (χ0v) is 14.7. The zero-order valence-electron chi connectivity index (χ0n) is 13.1. The van der Waals surface area contributed by atoms with Gasteiger partial charge in [0.05, 0.1) is 27.7 Å². The van der Waals surface area contributed by atoms with Gasteiger partial charge in [-0.05, 0) is 26.0 Å². The molecule has 0 bridgehead atoms. The molecule has 1 unspecified atom stereocenters. The first kappa shape index (κ1) is 17.7. The SMILES string of the molecule is CC(C)Nc1nc2cc(Cl)c(Cl)cc2n1C1O[C@@H](CO)[C@@H](O)[C@H]1O. The lowest BCUT2D eigenvalue weighted by molar-refractivity contribution is -0.0499. The normalized spacial score (nSPS) is 27.3. The van der Waals surface area contributed by atoms with Gasteiger partial charge in [0.25, 0.3) is 0 Å². The van der Waals surface area contributed by atoms with Gasteiger partial charge in [0.2, 0.25) is 5.95 Å². The molecule has 9 heteroatoms. The van der Waals surface area contributed by atoms with Gasteiger partial charge < -0.3 is 25.4 Å². The highest BCUT2D eigenvalue weighted by molar-refractivity contribution is 6.42. The molecule has 1 aliphatic rings. The third-order valence-corrected chi connectivity index (χ3v) is 4.64. The van der Waals surface area contributed by atoms with Crippen molar-refractivity contribution in [3.05, 3.63) is 22.2 Å². The smallest absolute Gasteiger partial charge is 0.206 e. The Morgan fingerprint density at radius 1 is 1.25 bits per heavy atom. The molecule has 1 aromatic heterocycles. The molecule has 0 radical (unpaired) electrons. The largest absolute Gasteiger partial charge is 0.394 e. The van der Waals surface area contributed by atoms with Crippen LogP contribution in [-0.4, -0.2) is 55.8 Å². The number of nitrogens with zero attached hydrogens (tertiary/aromatic N) is 2. The fourth-order valence-corrected chi connectivity index (χ4v) is 3.12. The maximum absolute atomic E-state index is 10.4. The molecule has 4 N–H and O–H groups in total. The molecule has 1 aliphatic heterocycles. The first-order valence-corrected chi connectivity index (χ1v) is 8.35. The molecule has 2 heterocycles. The predicted molar refractivity (Wildman–Crippen MR) is 91.5 cm³/mol. The lowest BCUT2D eigenvalue weighted by Gasteiger charge is -2.21. The Labute approximate surface area is 148 Å². The monoisotopic (exact) mass is 375 g/mol. The van der Waals surface area contributed by atoms with Gasteiger partial charge in [-0.2, -0.15) is 0 Å². The second-order valence-corrected chi connectivity index (χ2v) is 6.90. The quantitative estimate of drug-likeness (QED) is 0.649. The fraction of sp³-hybridized carbons (Fsp3) is 0.533. The van der Waals surface area contributed by atoms with Crippen LogP contribution in [0.2, 0.25) is 10.0 Å². The van der Waals surface area contributed by atoms with Crippen molar-refractivity contribution in [1.29, 1.82) is 0 Å². The van der Waals surface area contributed by atoms with E-state index in [2.05, 4.69) is 10.3 Å². The Kier molecular flexibility index (Phi) is 4.92. The molecule has 0 spiro atoms. The second kappa shape index (κ2) is 6.67. The van der Waals surface area contributed by atoms with E-state index >= 15 is 0 Å². The lowest BCUT2D eigenvalue weighted by atomic mass is 10.1. The summed E-state index contributed by atoms with van der Waals surface area (Å²) in [6.07, 6.45) is -4.22. The van der Waals surface area contributed by atoms with E-state index in [1.807, 2.05) is 13.8 Å². The number of rotatable bonds is 4. The van der Waals surface area contributed by atoms with E-state index in [1.54, 1.807) is 16.7 Å². The van der Waals surface area contributed by atoms with Crippen molar-refractivity contribution in [3.8, 4) is 0 Å². The van der Waals surface area contributed by atoms with E-state index < -0.39 is 31.1 Å². The first-order valence-electron chi connectivity index (χ1n) is 7.59. The summed E-state index contributed by atoms with van der Waals surface area (Å²) in [7, 11) is 0. The number of aliphatic hydroxyl groups is 3. The van der Waals surface area contributed by atoms with Gasteiger partial charge in [0, 0.05) is 6.04 Å². The van der Waals surface area contributed by atoms with Crippen LogP contribution in [0.15, 0.2) is 12.1 Å². The second-order valence-electron chi connectivity index (χ2n) is 6.09. The van der Waals surface area contributed by atoms with Crippen LogP contribution in [0.1, 0.15) is 20.1 Å². The molecule has 132 valence electrons. The summed E-state index contributed by atoms with van der Waals surface area (Å²) in [6, 6.07) is 3.33. The highest BCUT2D eigenvalue weighted by Crippen LogP contribution is 2.37. The molecular formula is C15H19Cl2N3O4. The third-order valence-electron chi connectivity index (χ3n) is 3.92. The lowest BCUT2D eigenvalue weighted by Crippen LogP contribution is -2.33. The van der Waals surface area contributed by atoms with Crippen LogP contribution in [0.25, 0.3) is 11.0 Å². The summed E-state index contributed by atoms with van der Waals surface area (Å²) < 4.78 is 7.26. The number of nitrogens with one attached hydrogen (secondary N) is 1. The first-order chi connectivity index (χ1) is 11.3. The molecule has 24 heavy (non-hydrogen) atoms. The number of anilines is 1. The van der Waals surface area contributed by atoms with Crippen LogP contribution in [0.5, 0.6) is 0 Å². The Morgan fingerprint density at radius 2 is 1.92 bits per heavy atom. The van der Waals surface area contributed by atoms with E-state index in [1.165, 1.54) is 0 Å². The van der Waals surface area contributed by atoms with E-state index in [0.717, 1.165) is 0 Å². The number of halogens is 2. The topological polar surface area (TPSA) is 99.8 Å². The van der Waals surface area contributed by atoms with Gasteiger partial charge in [-0.1, -0.05) is 23.2 Å². The van der Waals surface area contributed by atoms with E-state index in [0.29, 0.717) is 27.0 Å². The molecule has 3 rings (SSSR count). The predicted octanol–water partition coefficient (Wildman–Crippen LogP) is 1.77. The van der Waals surface area contributed by atoms with Crippen molar-refractivity contribution >= 4 is 40.2 Å². The number of benzene rings is 1. The Bertz CT molecular complexity index is 752. The van der Waals surface area contributed by atoms with Crippen molar-refractivity contribution in [2.24, 2.45) is 0 Å². The van der Waals surface area contributed by atoms with E-state index in [-0.39, 0.29) is 6.04 Å². The minimum Gasteiger partial charge on any atom is -0.394 e. The van der Waals surface area contributed by atoms with Crippen LogP contribution in [0.3, 0.4) is 0 Å². The molecule has 1 aromatic carbocycles. The third kappa shape index (κ3) is 2.96. The van der Waals surface area contributed by atoms with Gasteiger partial charge in [0.15, 0.2) is 6.23 Å². The minimum atomic E-state index is -1.22. The molecule has 2 aromatic rings. The standard InChI is InChI=1S/C15H19Cl2N3O4/c1-6(2)18-15-19-9-3-7(16)8(17)4-10(9)20(15)14-13(23)12(22)11(5-21)24-14/h3-4,6,11-14,21-23H,5H2,1-2H3,(H,18,19)/t11-,12+,13+,14?/m0/s1.